The SMILES string of the molecule is N#CCC1(n2cc(-c3ncnc4[nH]ccc34)cn2)CC2CN(C(=O)c3ccc(OC(F)(F)F)cc3)CC2C1. The molecular weight excluding hydrogens is 499 g/mol. The van der Waals surface area contributed by atoms with E-state index in [9.17, 15) is 23.2 Å². The predicted molar refractivity (Wildman–Crippen MR) is 129 cm³/mol. The van der Waals surface area contributed by atoms with E-state index in [4.69, 9.17) is 0 Å². The molecule has 1 aromatic carbocycles. The summed E-state index contributed by atoms with van der Waals surface area (Å²) in [5, 5.41) is 15.2. The number of aromatic nitrogens is 5. The van der Waals surface area contributed by atoms with E-state index in [1.807, 2.05) is 16.9 Å². The number of benzene rings is 1. The van der Waals surface area contributed by atoms with Gasteiger partial charge in [0.05, 0.1) is 29.9 Å². The maximum Gasteiger partial charge on any atom is 0.573 e. The highest BCUT2D eigenvalue weighted by atomic mass is 19.4. The lowest BCUT2D eigenvalue weighted by Gasteiger charge is -2.30. The molecule has 2 atom stereocenters. The molecule has 1 aliphatic heterocycles. The molecule has 2 unspecified atom stereocenters. The van der Waals surface area contributed by atoms with Crippen molar-refractivity contribution in [2.75, 3.05) is 13.1 Å². The first-order chi connectivity index (χ1) is 18.2. The van der Waals surface area contributed by atoms with E-state index in [1.165, 1.54) is 18.5 Å². The first kappa shape index (κ1) is 24.0. The highest BCUT2D eigenvalue weighted by Crippen LogP contribution is 2.50. The summed E-state index contributed by atoms with van der Waals surface area (Å²) >= 11 is 0. The number of hydrogen-bond acceptors (Lipinski definition) is 6. The number of hydrogen-bond donors (Lipinski definition) is 1. The average Bonchev–Trinajstić information content (AvgIpc) is 3.66. The Balaban J connectivity index is 1.18. The number of carbonyl (C=O) groups excluding carboxylic acids is 1. The minimum absolute atomic E-state index is 0.184. The fourth-order valence-electron chi connectivity index (χ4n) is 5.97. The number of H-pyrrole nitrogens is 1. The van der Waals surface area contributed by atoms with Crippen LogP contribution in [0.25, 0.3) is 22.3 Å². The number of alkyl halides is 3. The summed E-state index contributed by atoms with van der Waals surface area (Å²) < 4.78 is 43.0. The molecule has 4 aromatic rings. The molecule has 0 spiro atoms. The largest absolute Gasteiger partial charge is 0.573 e. The molecule has 3 aromatic heterocycles. The van der Waals surface area contributed by atoms with Gasteiger partial charge in [-0.1, -0.05) is 0 Å². The van der Waals surface area contributed by atoms with Crippen LogP contribution in [0.4, 0.5) is 13.2 Å². The van der Waals surface area contributed by atoms with Crippen molar-refractivity contribution >= 4 is 16.9 Å². The minimum Gasteiger partial charge on any atom is -0.406 e. The van der Waals surface area contributed by atoms with Gasteiger partial charge in [0.25, 0.3) is 5.91 Å². The van der Waals surface area contributed by atoms with Crippen LogP contribution in [0.3, 0.4) is 0 Å². The molecule has 12 heteroatoms. The molecule has 9 nitrogen and oxygen atoms in total. The normalized spacial score (nSPS) is 22.9. The van der Waals surface area contributed by atoms with Crippen molar-refractivity contribution in [2.24, 2.45) is 11.8 Å². The van der Waals surface area contributed by atoms with E-state index in [0.717, 1.165) is 34.4 Å². The van der Waals surface area contributed by atoms with Gasteiger partial charge in [-0.2, -0.15) is 10.4 Å². The van der Waals surface area contributed by atoms with E-state index in [-0.39, 0.29) is 23.5 Å². The van der Waals surface area contributed by atoms with Crippen LogP contribution in [-0.2, 0) is 5.54 Å². The number of nitrogens with one attached hydrogen (secondary N) is 1. The lowest BCUT2D eigenvalue weighted by atomic mass is 9.92. The summed E-state index contributed by atoms with van der Waals surface area (Å²) in [6, 6.07) is 9.22. The number of aromatic amines is 1. The standard InChI is InChI=1S/C26H22F3N7O2/c27-26(28,29)38-20-3-1-16(2-4-20)24(37)35-12-17-9-25(6-7-30,10-18(17)13-35)36-14-19(11-34-36)22-21-5-8-31-23(21)33-15-32-22/h1-5,8,11,14-15,17-18H,6,9-10,12-13H2,(H,31,32,33). The van der Waals surface area contributed by atoms with E-state index < -0.39 is 11.9 Å². The Kier molecular flexibility index (Phi) is 5.59. The van der Waals surface area contributed by atoms with Crippen LogP contribution in [0, 0.1) is 23.2 Å². The first-order valence-electron chi connectivity index (χ1n) is 12.1. The second-order valence-electron chi connectivity index (χ2n) is 9.91. The molecule has 1 saturated heterocycles. The number of amides is 1. The van der Waals surface area contributed by atoms with Crippen molar-refractivity contribution in [2.45, 2.75) is 31.2 Å². The average molecular weight is 522 g/mol. The van der Waals surface area contributed by atoms with Gasteiger partial charge in [0.15, 0.2) is 0 Å². The maximum absolute atomic E-state index is 13.1. The molecule has 2 fully saturated rings. The summed E-state index contributed by atoms with van der Waals surface area (Å²) in [7, 11) is 0. The number of nitrogens with zero attached hydrogens (tertiary/aromatic N) is 6. The molecular formula is C26H22F3N7O2. The monoisotopic (exact) mass is 521 g/mol. The second kappa shape index (κ2) is 8.86. The van der Waals surface area contributed by atoms with Crippen LogP contribution in [0.15, 0.2) is 55.2 Å². The molecule has 38 heavy (non-hydrogen) atoms. The van der Waals surface area contributed by atoms with E-state index >= 15 is 0 Å². The molecule has 1 aliphatic carbocycles. The summed E-state index contributed by atoms with van der Waals surface area (Å²) in [4.78, 5) is 26.5. The fourth-order valence-corrected chi connectivity index (χ4v) is 5.97. The topological polar surface area (TPSA) is 113 Å². The van der Waals surface area contributed by atoms with Crippen molar-refractivity contribution < 1.29 is 22.7 Å². The lowest BCUT2D eigenvalue weighted by Crippen LogP contribution is -2.35. The Morgan fingerprint density at radius 2 is 1.89 bits per heavy atom. The van der Waals surface area contributed by atoms with Gasteiger partial charge < -0.3 is 14.6 Å². The van der Waals surface area contributed by atoms with Crippen molar-refractivity contribution in [3.05, 3.63) is 60.8 Å². The van der Waals surface area contributed by atoms with E-state index in [0.29, 0.717) is 37.9 Å². The first-order valence-corrected chi connectivity index (χ1v) is 12.1. The van der Waals surface area contributed by atoms with Crippen LogP contribution < -0.4 is 4.74 Å². The van der Waals surface area contributed by atoms with Gasteiger partial charge >= 0.3 is 6.36 Å². The third kappa shape index (κ3) is 4.23. The quantitative estimate of drug-likeness (QED) is 0.414. The Morgan fingerprint density at radius 1 is 1.16 bits per heavy atom. The van der Waals surface area contributed by atoms with E-state index in [2.05, 4.69) is 30.9 Å². The van der Waals surface area contributed by atoms with E-state index in [1.54, 1.807) is 17.3 Å². The lowest BCUT2D eigenvalue weighted by molar-refractivity contribution is -0.274. The third-order valence-electron chi connectivity index (χ3n) is 7.59. The fraction of sp³-hybridized carbons (Fsp3) is 0.346. The van der Waals surface area contributed by atoms with Gasteiger partial charge in [0.2, 0.25) is 0 Å². The van der Waals surface area contributed by atoms with Gasteiger partial charge in [-0.25, -0.2) is 9.97 Å². The van der Waals surface area contributed by atoms with Crippen molar-refractivity contribution in [1.82, 2.24) is 29.6 Å². The molecule has 1 amide bonds. The summed E-state index contributed by atoms with van der Waals surface area (Å²) in [6.45, 7) is 1.03. The van der Waals surface area contributed by atoms with Crippen molar-refractivity contribution in [3.8, 4) is 23.1 Å². The Bertz CT molecular complexity index is 1520. The van der Waals surface area contributed by atoms with Gasteiger partial charge in [-0.3, -0.25) is 9.48 Å². The molecule has 1 N–H and O–H groups in total. The zero-order valence-corrected chi connectivity index (χ0v) is 20.0. The molecule has 0 bridgehead atoms. The van der Waals surface area contributed by atoms with Crippen LogP contribution in [0.1, 0.15) is 29.6 Å². The zero-order chi connectivity index (χ0) is 26.5. The summed E-state index contributed by atoms with van der Waals surface area (Å²) in [5.41, 5.74) is 2.15. The Hall–Kier alpha value is -4.40. The number of carbonyl (C=O) groups is 1. The Labute approximate surface area is 214 Å². The van der Waals surface area contributed by atoms with Crippen molar-refractivity contribution in [1.29, 1.82) is 5.26 Å². The molecule has 0 radical (unpaired) electrons. The highest BCUT2D eigenvalue weighted by molar-refractivity contribution is 5.94. The minimum atomic E-state index is -4.79. The molecule has 2 aliphatic rings. The van der Waals surface area contributed by atoms with Gasteiger partial charge in [-0.05, 0) is 55.0 Å². The van der Waals surface area contributed by atoms with Crippen LogP contribution in [0.5, 0.6) is 5.75 Å². The van der Waals surface area contributed by atoms with Gasteiger partial charge in [0, 0.05) is 42.0 Å². The number of nitriles is 1. The maximum atomic E-state index is 13.1. The van der Waals surface area contributed by atoms with Gasteiger partial charge in [0.1, 0.15) is 17.7 Å². The van der Waals surface area contributed by atoms with Gasteiger partial charge in [-0.15, -0.1) is 13.2 Å². The van der Waals surface area contributed by atoms with Crippen molar-refractivity contribution in [3.63, 3.8) is 0 Å². The predicted octanol–water partition coefficient (Wildman–Crippen LogP) is 4.51. The second-order valence-corrected chi connectivity index (χ2v) is 9.91. The summed E-state index contributed by atoms with van der Waals surface area (Å²) in [5.74, 6) is -0.234. The van der Waals surface area contributed by atoms with Crippen LogP contribution >= 0.6 is 0 Å². The summed E-state index contributed by atoms with van der Waals surface area (Å²) in [6.07, 6.45) is 3.88. The molecule has 194 valence electrons. The number of halogens is 3. The van der Waals surface area contributed by atoms with Crippen LogP contribution in [0.2, 0.25) is 0 Å². The number of rotatable bonds is 5. The Morgan fingerprint density at radius 3 is 2.58 bits per heavy atom. The number of likely N-dealkylation sites (tertiary alicyclic amines) is 1. The zero-order valence-electron chi connectivity index (χ0n) is 20.0. The third-order valence-corrected chi connectivity index (χ3v) is 7.59. The molecule has 1 saturated carbocycles. The number of ether oxygens (including phenoxy) is 1. The smallest absolute Gasteiger partial charge is 0.406 e. The highest BCUT2D eigenvalue weighted by Gasteiger charge is 2.51. The molecule has 6 rings (SSSR count). The van der Waals surface area contributed by atoms with Crippen LogP contribution in [-0.4, -0.2) is 55.0 Å². The number of fused-ring (bicyclic) bond motifs is 2. The molecule has 4 heterocycles.